The van der Waals surface area contributed by atoms with E-state index in [1.54, 1.807) is 25.1 Å². The van der Waals surface area contributed by atoms with Crippen LogP contribution in [0.1, 0.15) is 5.56 Å². The normalized spacial score (nSPS) is 25.4. The molecule has 1 aliphatic heterocycles. The van der Waals surface area contributed by atoms with Gasteiger partial charge in [-0.3, -0.25) is 4.99 Å². The Balaban J connectivity index is 2.55. The van der Waals surface area contributed by atoms with Crippen molar-refractivity contribution in [1.82, 2.24) is 4.90 Å². The summed E-state index contributed by atoms with van der Waals surface area (Å²) in [6.07, 6.45) is 0. The molecule has 110 valence electrons. The molecule has 2 rings (SSSR count). The molecule has 9 heteroatoms. The number of halogens is 2. The van der Waals surface area contributed by atoms with Gasteiger partial charge in [-0.05, 0) is 12.1 Å². The zero-order valence-electron chi connectivity index (χ0n) is 10.7. The highest BCUT2D eigenvalue weighted by Gasteiger charge is 2.42. The Hall–Kier alpha value is -0.470. The molecule has 0 radical (unpaired) electrons. The van der Waals surface area contributed by atoms with E-state index in [4.69, 9.17) is 22.3 Å². The van der Waals surface area contributed by atoms with Gasteiger partial charge in [0, 0.05) is 30.3 Å². The van der Waals surface area contributed by atoms with Gasteiger partial charge < -0.3 is 10.0 Å². The number of rotatable bonds is 2. The van der Waals surface area contributed by atoms with E-state index in [9.17, 15) is 13.5 Å². The van der Waals surface area contributed by atoms with E-state index in [-0.39, 0.29) is 9.92 Å². The molecule has 1 saturated heterocycles. The number of hydrogen-bond acceptors (Lipinski definition) is 5. The van der Waals surface area contributed by atoms with Crippen LogP contribution >= 0.6 is 34.0 Å². The first-order valence-electron chi connectivity index (χ1n) is 5.50. The zero-order valence-corrected chi connectivity index (χ0v) is 13.8. The Morgan fingerprint density at radius 1 is 1.50 bits per heavy atom. The van der Waals surface area contributed by atoms with E-state index in [1.807, 2.05) is 0 Å². The predicted molar refractivity (Wildman–Crippen MR) is 82.0 cm³/mol. The highest BCUT2D eigenvalue weighted by Crippen LogP contribution is 2.39. The number of nitrogens with zero attached hydrogens (tertiary/aromatic N) is 2. The van der Waals surface area contributed by atoms with Crippen LogP contribution in [0.25, 0.3) is 0 Å². The minimum atomic E-state index is -3.98. The first kappa shape index (κ1) is 15.9. The van der Waals surface area contributed by atoms with Gasteiger partial charge >= 0.3 is 0 Å². The monoisotopic (exact) mass is 354 g/mol. The van der Waals surface area contributed by atoms with Gasteiger partial charge in [0.1, 0.15) is 4.90 Å². The lowest BCUT2D eigenvalue weighted by Gasteiger charge is -2.31. The van der Waals surface area contributed by atoms with Gasteiger partial charge in [0.05, 0.1) is 10.8 Å². The quantitative estimate of drug-likeness (QED) is 0.823. The Bertz CT molecular complexity index is 678. The molecule has 0 saturated carbocycles. The summed E-state index contributed by atoms with van der Waals surface area (Å²) < 4.78 is 23.0. The minimum Gasteiger partial charge on any atom is -0.366 e. The van der Waals surface area contributed by atoms with Gasteiger partial charge in [-0.25, -0.2) is 8.42 Å². The van der Waals surface area contributed by atoms with E-state index in [0.29, 0.717) is 16.5 Å². The third-order valence-corrected chi connectivity index (χ3v) is 6.16. The van der Waals surface area contributed by atoms with Crippen LogP contribution in [0.5, 0.6) is 0 Å². The van der Waals surface area contributed by atoms with Gasteiger partial charge in [0.2, 0.25) is 0 Å². The van der Waals surface area contributed by atoms with Crippen molar-refractivity contribution in [3.05, 3.63) is 28.8 Å². The highest BCUT2D eigenvalue weighted by molar-refractivity contribution is 8.14. The molecule has 1 aliphatic rings. The maximum absolute atomic E-state index is 11.5. The summed E-state index contributed by atoms with van der Waals surface area (Å²) in [4.78, 5) is 5.43. The lowest BCUT2D eigenvalue weighted by Crippen LogP contribution is -2.42. The van der Waals surface area contributed by atoms with Crippen LogP contribution in [0.2, 0.25) is 5.02 Å². The van der Waals surface area contributed by atoms with Crippen molar-refractivity contribution in [2.45, 2.75) is 10.6 Å². The average molecular weight is 355 g/mol. The summed E-state index contributed by atoms with van der Waals surface area (Å²) in [5.74, 6) is 0.333. The van der Waals surface area contributed by atoms with Gasteiger partial charge in [-0.2, -0.15) is 0 Å². The van der Waals surface area contributed by atoms with Gasteiger partial charge in [-0.1, -0.05) is 29.4 Å². The lowest BCUT2D eigenvalue weighted by atomic mass is 10.0. The second-order valence-corrected chi connectivity index (χ2v) is 8.14. The molecule has 0 aliphatic carbocycles. The van der Waals surface area contributed by atoms with Crippen molar-refractivity contribution < 1.29 is 13.5 Å². The fourth-order valence-corrected chi connectivity index (χ4v) is 4.60. The molecule has 1 atom stereocenters. The van der Waals surface area contributed by atoms with Crippen LogP contribution in [-0.4, -0.2) is 43.4 Å². The van der Waals surface area contributed by atoms with Crippen molar-refractivity contribution in [2.75, 3.05) is 19.8 Å². The molecule has 20 heavy (non-hydrogen) atoms. The predicted octanol–water partition coefficient (Wildman–Crippen LogP) is 2.08. The molecular formula is C11H12Cl2N2O3S2. The number of aliphatic hydroxyl groups is 1. The SMILES string of the molecule is CN=C1SCC(O)(c2ccc(Cl)c(S(=O)(=O)Cl)c2)N1C. The van der Waals surface area contributed by atoms with Crippen LogP contribution in [0, 0.1) is 0 Å². The lowest BCUT2D eigenvalue weighted by molar-refractivity contribution is -0.0349. The Kier molecular flexibility index (Phi) is 4.28. The van der Waals surface area contributed by atoms with Crippen molar-refractivity contribution >= 4 is 48.3 Å². The van der Waals surface area contributed by atoms with Crippen LogP contribution < -0.4 is 0 Å². The Morgan fingerprint density at radius 2 is 2.15 bits per heavy atom. The third-order valence-electron chi connectivity index (χ3n) is 3.09. The van der Waals surface area contributed by atoms with Crippen molar-refractivity contribution in [3.8, 4) is 0 Å². The highest BCUT2D eigenvalue weighted by atomic mass is 35.7. The third kappa shape index (κ3) is 2.65. The fraction of sp³-hybridized carbons (Fsp3) is 0.364. The summed E-state index contributed by atoms with van der Waals surface area (Å²) in [5.41, 5.74) is -0.949. The molecule has 1 aromatic carbocycles. The van der Waals surface area contributed by atoms with Crippen LogP contribution in [0.15, 0.2) is 28.1 Å². The van der Waals surface area contributed by atoms with Crippen molar-refractivity contribution in [2.24, 2.45) is 4.99 Å². The van der Waals surface area contributed by atoms with Crippen molar-refractivity contribution in [3.63, 3.8) is 0 Å². The van der Waals surface area contributed by atoms with Crippen LogP contribution in [-0.2, 0) is 14.8 Å². The summed E-state index contributed by atoms with van der Waals surface area (Å²) in [7, 11) is 4.68. The van der Waals surface area contributed by atoms with E-state index in [0.717, 1.165) is 0 Å². The zero-order chi connectivity index (χ0) is 15.1. The maximum atomic E-state index is 11.5. The summed E-state index contributed by atoms with van der Waals surface area (Å²) >= 11 is 7.22. The topological polar surface area (TPSA) is 70.0 Å². The molecule has 1 fully saturated rings. The number of thioether (sulfide) groups is 1. The Labute approximate surface area is 131 Å². The van der Waals surface area contributed by atoms with E-state index in [2.05, 4.69) is 4.99 Å². The minimum absolute atomic E-state index is 0.0186. The molecule has 0 bridgehead atoms. The second-order valence-electron chi connectivity index (χ2n) is 4.25. The molecule has 1 unspecified atom stereocenters. The molecule has 1 aromatic rings. The molecule has 5 nitrogen and oxygen atoms in total. The number of benzene rings is 1. The van der Waals surface area contributed by atoms with E-state index < -0.39 is 14.8 Å². The number of aliphatic imine (C=N–C) groups is 1. The van der Waals surface area contributed by atoms with Crippen molar-refractivity contribution in [1.29, 1.82) is 0 Å². The largest absolute Gasteiger partial charge is 0.366 e. The first-order chi connectivity index (χ1) is 9.20. The van der Waals surface area contributed by atoms with Gasteiger partial charge in [0.25, 0.3) is 9.05 Å². The van der Waals surface area contributed by atoms with Gasteiger partial charge in [-0.15, -0.1) is 0 Å². The van der Waals surface area contributed by atoms with Crippen LogP contribution in [0.4, 0.5) is 0 Å². The fourth-order valence-electron chi connectivity index (χ4n) is 1.95. The maximum Gasteiger partial charge on any atom is 0.262 e. The summed E-state index contributed by atoms with van der Waals surface area (Å²) in [5, 5.41) is 11.4. The molecular weight excluding hydrogens is 343 g/mol. The molecule has 1 N–H and O–H groups in total. The molecule has 0 spiro atoms. The molecule has 0 amide bonds. The summed E-state index contributed by atoms with van der Waals surface area (Å²) in [6, 6.07) is 4.27. The smallest absolute Gasteiger partial charge is 0.262 e. The Morgan fingerprint density at radius 3 is 2.65 bits per heavy atom. The van der Waals surface area contributed by atoms with E-state index >= 15 is 0 Å². The number of hydrogen-bond donors (Lipinski definition) is 1. The van der Waals surface area contributed by atoms with E-state index in [1.165, 1.54) is 23.9 Å². The average Bonchev–Trinajstić information content (AvgIpc) is 2.66. The standard InChI is InChI=1S/C11H12Cl2N2O3S2/c1-14-10-15(2)11(16,6-19-10)7-3-4-8(12)9(5-7)20(13,17)18/h3-5,16H,6H2,1-2H3. The van der Waals surface area contributed by atoms with Gasteiger partial charge in [0.15, 0.2) is 10.9 Å². The van der Waals surface area contributed by atoms with Crippen LogP contribution in [0.3, 0.4) is 0 Å². The molecule has 0 aromatic heterocycles. The number of amidine groups is 1. The second kappa shape index (κ2) is 5.38. The molecule has 1 heterocycles. The summed E-state index contributed by atoms with van der Waals surface area (Å²) in [6.45, 7) is 0. The first-order valence-corrected chi connectivity index (χ1v) is 9.18.